The lowest BCUT2D eigenvalue weighted by atomic mass is 10.2. The molecule has 0 radical (unpaired) electrons. The fourth-order valence-electron chi connectivity index (χ4n) is 2.76. The second-order valence-corrected chi connectivity index (χ2v) is 5.65. The summed E-state index contributed by atoms with van der Waals surface area (Å²) < 4.78 is 13.2. The smallest absolute Gasteiger partial charge is 0.248 e. The summed E-state index contributed by atoms with van der Waals surface area (Å²) in [5.74, 6) is -0.0142. The molecule has 0 bridgehead atoms. The van der Waals surface area contributed by atoms with Gasteiger partial charge in [0.1, 0.15) is 6.61 Å². The van der Waals surface area contributed by atoms with Crippen molar-refractivity contribution in [2.75, 3.05) is 20.3 Å². The molecule has 2 aromatic heterocycles. The van der Waals surface area contributed by atoms with Crippen LogP contribution in [0.5, 0.6) is 0 Å². The molecule has 1 amide bonds. The van der Waals surface area contributed by atoms with Crippen LogP contribution in [0.1, 0.15) is 11.3 Å². The van der Waals surface area contributed by atoms with Gasteiger partial charge in [-0.05, 0) is 29.8 Å². The Labute approximate surface area is 135 Å². The Hall–Kier alpha value is -2.18. The highest BCUT2D eigenvalue weighted by Gasteiger charge is 2.25. The van der Waals surface area contributed by atoms with E-state index in [9.17, 15) is 4.79 Å². The van der Waals surface area contributed by atoms with E-state index in [1.165, 1.54) is 7.11 Å². The van der Waals surface area contributed by atoms with Gasteiger partial charge in [0, 0.05) is 37.9 Å². The Balaban J connectivity index is 1.70. The third-order valence-electron chi connectivity index (χ3n) is 3.96. The van der Waals surface area contributed by atoms with Crippen LogP contribution in [0.2, 0.25) is 0 Å². The molecule has 0 aromatic carbocycles. The zero-order valence-electron chi connectivity index (χ0n) is 13.2. The van der Waals surface area contributed by atoms with Crippen LogP contribution < -0.4 is 0 Å². The van der Waals surface area contributed by atoms with Gasteiger partial charge in [-0.1, -0.05) is 0 Å². The molecule has 1 atom stereocenters. The first-order valence-electron chi connectivity index (χ1n) is 7.67. The Morgan fingerprint density at radius 2 is 2.13 bits per heavy atom. The molecular weight excluding hydrogens is 294 g/mol. The molecule has 0 saturated carbocycles. The topological polar surface area (TPSA) is 56.6 Å². The maximum absolute atomic E-state index is 12.2. The van der Waals surface area contributed by atoms with E-state index >= 15 is 0 Å². The fourth-order valence-corrected chi connectivity index (χ4v) is 2.76. The Bertz CT molecular complexity index is 642. The second kappa shape index (κ2) is 7.39. The summed E-state index contributed by atoms with van der Waals surface area (Å²) in [6.07, 6.45) is 5.48. The van der Waals surface area contributed by atoms with Gasteiger partial charge >= 0.3 is 0 Å². The molecule has 3 rings (SSSR count). The minimum absolute atomic E-state index is 0.0142. The summed E-state index contributed by atoms with van der Waals surface area (Å²) in [5, 5.41) is 0. The highest BCUT2D eigenvalue weighted by Crippen LogP contribution is 2.16. The lowest BCUT2D eigenvalue weighted by Crippen LogP contribution is -2.39. The van der Waals surface area contributed by atoms with Crippen LogP contribution in [0.15, 0.2) is 42.9 Å². The molecule has 23 heavy (non-hydrogen) atoms. The van der Waals surface area contributed by atoms with Gasteiger partial charge in [0.25, 0.3) is 0 Å². The van der Waals surface area contributed by atoms with E-state index in [0.29, 0.717) is 19.7 Å². The number of fused-ring (bicyclic) bond motifs is 1. The molecule has 0 saturated heterocycles. The van der Waals surface area contributed by atoms with Crippen molar-refractivity contribution >= 4 is 5.91 Å². The molecule has 0 spiro atoms. The molecule has 0 aliphatic carbocycles. The monoisotopic (exact) mass is 315 g/mol. The van der Waals surface area contributed by atoms with Gasteiger partial charge in [-0.15, -0.1) is 0 Å². The highest BCUT2D eigenvalue weighted by atomic mass is 16.5. The van der Waals surface area contributed by atoms with E-state index in [1.807, 2.05) is 30.5 Å². The van der Waals surface area contributed by atoms with Gasteiger partial charge in [0.2, 0.25) is 5.91 Å². The summed E-state index contributed by atoms with van der Waals surface area (Å²) in [7, 11) is 1.54. The van der Waals surface area contributed by atoms with Crippen molar-refractivity contribution in [2.45, 2.75) is 25.8 Å². The summed E-state index contributed by atoms with van der Waals surface area (Å²) in [6.45, 7) is 2.50. The van der Waals surface area contributed by atoms with Gasteiger partial charge < -0.3 is 18.9 Å². The molecule has 0 N–H and O–H groups in total. The maximum Gasteiger partial charge on any atom is 0.248 e. The predicted molar refractivity (Wildman–Crippen MR) is 84.5 cm³/mol. The van der Waals surface area contributed by atoms with E-state index in [-0.39, 0.29) is 18.6 Å². The molecular formula is C17H21N3O3. The fraction of sp³-hybridized carbons (Fsp3) is 0.412. The minimum atomic E-state index is -0.0578. The number of carbonyl (C=O) groups excluding carboxylic acids is 1. The molecule has 2 aromatic rings. The second-order valence-electron chi connectivity index (χ2n) is 5.65. The predicted octanol–water partition coefficient (Wildman–Crippen LogP) is 1.46. The van der Waals surface area contributed by atoms with E-state index in [1.54, 1.807) is 17.3 Å². The van der Waals surface area contributed by atoms with E-state index in [4.69, 9.17) is 9.47 Å². The third-order valence-corrected chi connectivity index (χ3v) is 3.96. The quantitative estimate of drug-likeness (QED) is 0.838. The molecule has 0 fully saturated rings. The number of hydrogen-bond donors (Lipinski definition) is 0. The largest absolute Gasteiger partial charge is 0.375 e. The number of aromatic nitrogens is 2. The van der Waals surface area contributed by atoms with Crippen molar-refractivity contribution in [2.24, 2.45) is 0 Å². The summed E-state index contributed by atoms with van der Waals surface area (Å²) in [4.78, 5) is 18.0. The Morgan fingerprint density at radius 1 is 1.30 bits per heavy atom. The molecule has 3 heterocycles. The molecule has 1 aliphatic rings. The van der Waals surface area contributed by atoms with Crippen molar-refractivity contribution in [1.29, 1.82) is 0 Å². The highest BCUT2D eigenvalue weighted by molar-refractivity contribution is 5.77. The first-order chi connectivity index (χ1) is 11.3. The lowest BCUT2D eigenvalue weighted by molar-refractivity contribution is -0.137. The van der Waals surface area contributed by atoms with Crippen LogP contribution in [-0.4, -0.2) is 46.7 Å². The number of carbonyl (C=O) groups is 1. The van der Waals surface area contributed by atoms with Crippen LogP contribution in [0.25, 0.3) is 0 Å². The van der Waals surface area contributed by atoms with Crippen LogP contribution in [0.4, 0.5) is 0 Å². The average Bonchev–Trinajstić information content (AvgIpc) is 2.92. The van der Waals surface area contributed by atoms with Gasteiger partial charge in [0.15, 0.2) is 0 Å². The lowest BCUT2D eigenvalue weighted by Gasteiger charge is -2.24. The molecule has 1 aliphatic heterocycles. The molecule has 122 valence electrons. The van der Waals surface area contributed by atoms with Crippen molar-refractivity contribution in [3.8, 4) is 0 Å². The maximum atomic E-state index is 12.2. The van der Waals surface area contributed by atoms with Crippen molar-refractivity contribution in [1.82, 2.24) is 14.5 Å². The summed E-state index contributed by atoms with van der Waals surface area (Å²) >= 11 is 0. The number of methoxy groups -OCH3 is 1. The number of ether oxygens (including phenoxy) is 2. The van der Waals surface area contributed by atoms with Crippen LogP contribution in [0, 0.1) is 0 Å². The van der Waals surface area contributed by atoms with Crippen LogP contribution >= 0.6 is 0 Å². The molecule has 6 heteroatoms. The summed E-state index contributed by atoms with van der Waals surface area (Å²) in [6, 6.07) is 7.91. The Morgan fingerprint density at radius 3 is 2.91 bits per heavy atom. The van der Waals surface area contributed by atoms with Crippen molar-refractivity contribution in [3.63, 3.8) is 0 Å². The van der Waals surface area contributed by atoms with Crippen LogP contribution in [0.3, 0.4) is 0 Å². The summed E-state index contributed by atoms with van der Waals surface area (Å²) in [5.41, 5.74) is 2.19. The average molecular weight is 315 g/mol. The number of pyridine rings is 1. The standard InChI is InChI=1S/C17H21N3O3/c1-22-13-17(21)20-9-15-3-2-8-19(15)10-16(11-20)23-12-14-4-6-18-7-5-14/h2-8,16H,9-13H2,1H3. The van der Waals surface area contributed by atoms with Gasteiger partial charge in [-0.3, -0.25) is 9.78 Å². The number of amides is 1. The first kappa shape index (κ1) is 15.7. The Kier molecular flexibility index (Phi) is 5.05. The van der Waals surface area contributed by atoms with E-state index in [2.05, 4.69) is 9.55 Å². The first-order valence-corrected chi connectivity index (χ1v) is 7.67. The number of hydrogen-bond acceptors (Lipinski definition) is 4. The van der Waals surface area contributed by atoms with Gasteiger partial charge in [0.05, 0.1) is 25.8 Å². The van der Waals surface area contributed by atoms with Gasteiger partial charge in [-0.2, -0.15) is 0 Å². The van der Waals surface area contributed by atoms with Crippen LogP contribution in [-0.2, 0) is 34.0 Å². The molecule has 6 nitrogen and oxygen atoms in total. The van der Waals surface area contributed by atoms with E-state index in [0.717, 1.165) is 17.8 Å². The normalized spacial score (nSPS) is 17.6. The van der Waals surface area contributed by atoms with E-state index < -0.39 is 0 Å². The van der Waals surface area contributed by atoms with Crippen molar-refractivity contribution in [3.05, 3.63) is 54.1 Å². The zero-order chi connectivity index (χ0) is 16.1. The third kappa shape index (κ3) is 3.97. The van der Waals surface area contributed by atoms with Gasteiger partial charge in [-0.25, -0.2) is 0 Å². The number of nitrogens with zero attached hydrogens (tertiary/aromatic N) is 3. The number of rotatable bonds is 5. The zero-order valence-corrected chi connectivity index (χ0v) is 13.2. The SMILES string of the molecule is COCC(=O)N1Cc2cccn2CC(OCc2ccncc2)C1. The minimum Gasteiger partial charge on any atom is -0.375 e. The van der Waals surface area contributed by atoms with Crippen molar-refractivity contribution < 1.29 is 14.3 Å². The molecule has 1 unspecified atom stereocenters.